The van der Waals surface area contributed by atoms with E-state index >= 15 is 35.1 Å². The molecule has 7 aromatic heterocycles. The maximum atomic E-state index is 15.4. The van der Waals surface area contributed by atoms with E-state index in [2.05, 4.69) is 19.9 Å². The van der Waals surface area contributed by atoms with Crippen molar-refractivity contribution < 1.29 is 193 Å². The van der Waals surface area contributed by atoms with Crippen molar-refractivity contribution in [2.45, 2.75) is 148 Å². The zero-order chi connectivity index (χ0) is 81.0. The molecular formula is C64H40F36MnN8+4. The third kappa shape index (κ3) is 14.9. The molecule has 8 nitrogen and oxygen atoms in total. The molecule has 2 aliphatic rings. The minimum atomic E-state index is -7.44. The zero-order valence-electron chi connectivity index (χ0n) is 53.1. The first-order chi connectivity index (χ1) is 49.2. The molecule has 1 radical (unpaired) electrons. The Bertz CT molecular complexity index is 4190. The normalized spacial score (nSPS) is 14.6. The first-order valence-corrected chi connectivity index (χ1v) is 30.0. The molecule has 0 spiro atoms. The van der Waals surface area contributed by atoms with Crippen LogP contribution in [0.15, 0.2) is 122 Å². The number of fused-ring (bicyclic) bond motifs is 8. The van der Waals surface area contributed by atoms with E-state index in [9.17, 15) is 123 Å². The molecule has 2 aliphatic heterocycles. The molecule has 7 aromatic rings. The summed E-state index contributed by atoms with van der Waals surface area (Å²) in [6.45, 7) is -6.89. The Morgan fingerprint density at radius 3 is 0.578 bits per heavy atom. The van der Waals surface area contributed by atoms with E-state index in [-0.39, 0.29) is 17.1 Å². The number of hydrogen-bond acceptors (Lipinski definition) is 2. The smallest absolute Gasteiger partial charge is 0.656 e. The van der Waals surface area contributed by atoms with Crippen LogP contribution in [0.4, 0.5) is 158 Å². The average molecular weight is 1660 g/mol. The predicted molar refractivity (Wildman–Crippen MR) is 301 cm³/mol. The summed E-state index contributed by atoms with van der Waals surface area (Å²) >= 11 is 0. The Balaban J connectivity index is 0.0000150. The maximum Gasteiger partial charge on any atom is 2.00 e. The Morgan fingerprint density at radius 1 is 0.239 bits per heavy atom. The average Bonchev–Trinajstić information content (AvgIpc) is 1.65. The maximum absolute atomic E-state index is 15.4. The molecule has 0 N–H and O–H groups in total. The Kier molecular flexibility index (Phi) is 22.4. The van der Waals surface area contributed by atoms with Crippen molar-refractivity contribution in [2.24, 2.45) is 0 Å². The molecule has 8 bridgehead atoms. The number of nitrogens with zero attached hydrogens (tertiary/aromatic N) is 8. The Hall–Kier alpha value is -8.80. The minimum Gasteiger partial charge on any atom is -0.656 e. The second-order valence-corrected chi connectivity index (χ2v) is 23.9. The molecule has 0 aliphatic carbocycles. The summed E-state index contributed by atoms with van der Waals surface area (Å²) in [5.41, 5.74) is -10.8. The van der Waals surface area contributed by atoms with E-state index in [1.807, 2.05) is 0 Å². The van der Waals surface area contributed by atoms with Gasteiger partial charge in [0.2, 0.25) is 22.8 Å². The molecule has 9 rings (SSSR count). The van der Waals surface area contributed by atoms with Crippen LogP contribution in [0, 0.1) is 0 Å². The van der Waals surface area contributed by atoms with Crippen LogP contribution in [0.1, 0.15) is 48.5 Å². The number of pyridine rings is 4. The van der Waals surface area contributed by atoms with Crippen LogP contribution in [-0.2, 0) is 43.2 Å². The summed E-state index contributed by atoms with van der Waals surface area (Å²) in [5.74, 6) is -84.0. The van der Waals surface area contributed by atoms with Gasteiger partial charge in [-0.3, -0.25) is 0 Å². The summed E-state index contributed by atoms with van der Waals surface area (Å²) in [6, 6.07) is 14.6. The molecule has 109 heavy (non-hydrogen) atoms. The molecule has 0 atom stereocenters. The van der Waals surface area contributed by atoms with Gasteiger partial charge in [0.25, 0.3) is 0 Å². The van der Waals surface area contributed by atoms with Crippen LogP contribution in [0.3, 0.4) is 0 Å². The zero-order valence-corrected chi connectivity index (χ0v) is 54.3. The van der Waals surface area contributed by atoms with Crippen LogP contribution in [0.25, 0.3) is 91.4 Å². The largest absolute Gasteiger partial charge is 2.00 e. The van der Waals surface area contributed by atoms with Gasteiger partial charge in [-0.15, -0.1) is 22.1 Å². The molecule has 9 heterocycles. The molecule has 0 amide bonds. The van der Waals surface area contributed by atoms with Crippen LogP contribution in [0.2, 0.25) is 0 Å². The van der Waals surface area contributed by atoms with E-state index in [1.54, 1.807) is 0 Å². The summed E-state index contributed by atoms with van der Waals surface area (Å²) in [4.78, 5) is 18.0. The standard InChI is InChI=1S/C64H40F36N8.Mn/c65-49(66,53(73,74)57(81,82)61(89,90)91)21-29-105-25-5-1-9-41(105)45-33-13-15-35(101-33)46(42-10-2-6-26-106(42)30-22-50(67,68)54(75,76)58(83,84)62(92,93)94)37-17-19-39(103-37)48(44-12-4-8-28-108(44)32-24-52(71,72)56(79,80)60(87,88)64(98,99)100)40-20-18-38(104-40)47(36-16-14-34(45)102-36)43-11-3-7-27-107(43)31-23-51(69,70)55(77,78)59(85,86)63(95,96)97;/h1-20,25-28H,21-24,29-32H2;/q2*+2. The van der Waals surface area contributed by atoms with Crippen LogP contribution >= 0.6 is 0 Å². The van der Waals surface area contributed by atoms with Crippen molar-refractivity contribution in [3.8, 4) is 45.0 Å². The van der Waals surface area contributed by atoms with E-state index < -0.39 is 238 Å². The second kappa shape index (κ2) is 28.5. The third-order valence-electron chi connectivity index (χ3n) is 16.9. The van der Waals surface area contributed by atoms with Gasteiger partial charge in [0.1, 0.15) is 0 Å². The summed E-state index contributed by atoms with van der Waals surface area (Å²) in [7, 11) is 0. The monoisotopic (exact) mass is 1660 g/mol. The summed E-state index contributed by atoms with van der Waals surface area (Å²) in [6.07, 6.45) is -33.5. The number of halogens is 36. The summed E-state index contributed by atoms with van der Waals surface area (Å²) in [5, 5.41) is 0. The minimum absolute atomic E-state index is 0. The first-order valence-electron chi connectivity index (χ1n) is 30.0. The number of alkyl halides is 36. The van der Waals surface area contributed by atoms with E-state index in [4.69, 9.17) is 0 Å². The van der Waals surface area contributed by atoms with Gasteiger partial charge < -0.3 is 9.97 Å². The van der Waals surface area contributed by atoms with E-state index in [1.165, 1.54) is 0 Å². The topological polar surface area (TPSA) is 69.5 Å². The Morgan fingerprint density at radius 2 is 0.413 bits per heavy atom. The van der Waals surface area contributed by atoms with Gasteiger partial charge in [-0.25, -0.2) is 9.97 Å². The fraction of sp³-hybridized carbons (Fsp3) is 0.375. The van der Waals surface area contributed by atoms with Gasteiger partial charge in [0, 0.05) is 48.5 Å². The van der Waals surface area contributed by atoms with Crippen molar-refractivity contribution in [2.75, 3.05) is 0 Å². The molecule has 0 fully saturated rings. The van der Waals surface area contributed by atoms with Gasteiger partial charge in [-0.1, -0.05) is 24.3 Å². The fourth-order valence-electron chi connectivity index (χ4n) is 11.0. The SMILES string of the molecule is FC(F)(F)C(F)(F)C(F)(F)C(F)(F)CC[n+]1ccccc1-c1c2nc(c(-c3cccc[n+]3CCC(F)(F)C(F)(F)C(F)(F)C(F)(F)F)c3ccc([n-]3)c(-c3cccc[n+]3CCC(F)(F)C(F)(F)C(F)(F)C(F)(F)F)c3nc(c(-c4cccc[n+]4CCC(F)(F)C(F)(F)C(F)(F)C(F)(F)F)c4ccc1[n-]4)C=C3)C=C2.[Mn+2]. The molecule has 45 heteroatoms. The van der Waals surface area contributed by atoms with Crippen LogP contribution in [0.5, 0.6) is 0 Å². The summed E-state index contributed by atoms with van der Waals surface area (Å²) < 4.78 is 517. The van der Waals surface area contributed by atoms with Gasteiger partial charge in [-0.05, 0) is 48.6 Å². The van der Waals surface area contributed by atoms with Crippen molar-refractivity contribution >= 4 is 46.4 Å². The molecule has 591 valence electrons. The van der Waals surface area contributed by atoms with Gasteiger partial charge >= 0.3 is 113 Å². The number of aryl methyl sites for hydroxylation is 4. The van der Waals surface area contributed by atoms with Crippen molar-refractivity contribution in [3.05, 3.63) is 145 Å². The molecule has 0 saturated carbocycles. The van der Waals surface area contributed by atoms with Crippen molar-refractivity contribution in [3.63, 3.8) is 0 Å². The number of hydrogen-bond donors (Lipinski definition) is 0. The number of aromatic nitrogens is 8. The molecule has 0 unspecified atom stereocenters. The number of rotatable bonds is 24. The fourth-order valence-corrected chi connectivity index (χ4v) is 11.0. The van der Waals surface area contributed by atoms with Crippen LogP contribution < -0.4 is 28.2 Å². The predicted octanol–water partition coefficient (Wildman–Crippen LogP) is 19.2. The van der Waals surface area contributed by atoms with Crippen LogP contribution in [-0.4, -0.2) is 106 Å². The third-order valence-corrected chi connectivity index (χ3v) is 16.9. The van der Waals surface area contributed by atoms with E-state index in [0.29, 0.717) is 43.1 Å². The Labute approximate surface area is 595 Å². The molecule has 0 aromatic carbocycles. The first kappa shape index (κ1) is 85.8. The van der Waals surface area contributed by atoms with Gasteiger partial charge in [-0.2, -0.15) is 176 Å². The second-order valence-electron chi connectivity index (χ2n) is 23.9. The quantitative estimate of drug-likeness (QED) is 0.0343. The van der Waals surface area contributed by atoms with Crippen molar-refractivity contribution in [1.82, 2.24) is 19.9 Å². The molecule has 0 saturated heterocycles. The van der Waals surface area contributed by atoms with Crippen molar-refractivity contribution in [1.29, 1.82) is 0 Å². The molecular weight excluding hydrogens is 1620 g/mol. The van der Waals surface area contributed by atoms with Gasteiger partial charge in [0.05, 0.1) is 70.7 Å². The van der Waals surface area contributed by atoms with Gasteiger partial charge in [0.15, 0.2) is 51.0 Å². The van der Waals surface area contributed by atoms with E-state index in [0.717, 1.165) is 121 Å².